The van der Waals surface area contributed by atoms with E-state index in [0.29, 0.717) is 18.1 Å². The van der Waals surface area contributed by atoms with E-state index in [1.54, 1.807) is 0 Å². The number of hydrogen-bond acceptors (Lipinski definition) is 4. The van der Waals surface area contributed by atoms with E-state index < -0.39 is 0 Å². The molecule has 2 atom stereocenters. The highest BCUT2D eigenvalue weighted by Gasteiger charge is 2.36. The van der Waals surface area contributed by atoms with Crippen molar-refractivity contribution in [3.63, 3.8) is 0 Å². The van der Waals surface area contributed by atoms with Crippen molar-refractivity contribution >= 4 is 0 Å². The van der Waals surface area contributed by atoms with Crippen molar-refractivity contribution in [2.45, 2.75) is 38.4 Å². The molecule has 1 aromatic rings. The van der Waals surface area contributed by atoms with E-state index in [2.05, 4.69) is 53.0 Å². The van der Waals surface area contributed by atoms with E-state index in [1.165, 1.54) is 38.4 Å². The fourth-order valence-electron chi connectivity index (χ4n) is 3.47. The molecule has 3 saturated heterocycles. The maximum Gasteiger partial charge on any atom is 0.0640 e. The average Bonchev–Trinajstić information content (AvgIpc) is 2.95. The van der Waals surface area contributed by atoms with Crippen LogP contribution in [-0.2, 0) is 6.42 Å². The Morgan fingerprint density at radius 1 is 1.30 bits per heavy atom. The number of piperazine rings is 3. The minimum absolute atomic E-state index is 0.442. The number of nitrogens with zero attached hydrogens (tertiary/aromatic N) is 4. The zero-order valence-corrected chi connectivity index (χ0v) is 12.9. The summed E-state index contributed by atoms with van der Waals surface area (Å²) in [6, 6.07) is 3.73. The minimum atomic E-state index is 0.442. The molecular formula is C15H27N5. The molecule has 0 saturated carbocycles. The zero-order valence-electron chi connectivity index (χ0n) is 12.9. The molecule has 1 N–H and O–H groups in total. The van der Waals surface area contributed by atoms with E-state index in [1.807, 2.05) is 0 Å². The topological polar surface area (TPSA) is 36.3 Å². The number of nitrogens with one attached hydrogen (secondary N) is 1. The Labute approximate surface area is 121 Å². The van der Waals surface area contributed by atoms with Gasteiger partial charge in [-0.2, -0.15) is 5.10 Å². The molecule has 3 aliphatic rings. The normalized spacial score (nSPS) is 30.9. The highest BCUT2D eigenvalue weighted by molar-refractivity contribution is 5.06. The van der Waals surface area contributed by atoms with Crippen LogP contribution < -0.4 is 5.32 Å². The molecule has 112 valence electrons. The van der Waals surface area contributed by atoms with Crippen LogP contribution in [0.4, 0.5) is 0 Å². The van der Waals surface area contributed by atoms with Crippen molar-refractivity contribution in [2.24, 2.45) is 0 Å². The van der Waals surface area contributed by atoms with Gasteiger partial charge in [0.25, 0.3) is 0 Å². The predicted molar refractivity (Wildman–Crippen MR) is 81.0 cm³/mol. The summed E-state index contributed by atoms with van der Waals surface area (Å²) in [5.74, 6) is 0. The molecule has 0 spiro atoms. The summed E-state index contributed by atoms with van der Waals surface area (Å²) < 4.78 is 2.05. The number of hydrogen-bond donors (Lipinski definition) is 1. The Kier molecular flexibility index (Phi) is 4.10. The van der Waals surface area contributed by atoms with Gasteiger partial charge in [0.05, 0.1) is 5.69 Å². The summed E-state index contributed by atoms with van der Waals surface area (Å²) in [6.07, 6.45) is 3.12. The maximum atomic E-state index is 4.70. The van der Waals surface area contributed by atoms with E-state index in [0.717, 1.165) is 6.42 Å². The second kappa shape index (κ2) is 5.84. The molecule has 0 amide bonds. The molecule has 5 heteroatoms. The lowest BCUT2D eigenvalue weighted by Crippen LogP contribution is -2.66. The number of likely N-dealkylation sites (N-methyl/N-ethyl adjacent to an activating group) is 1. The first kappa shape index (κ1) is 14.0. The van der Waals surface area contributed by atoms with Gasteiger partial charge in [0.2, 0.25) is 0 Å². The van der Waals surface area contributed by atoms with E-state index >= 15 is 0 Å². The van der Waals surface area contributed by atoms with Gasteiger partial charge in [-0.3, -0.25) is 14.5 Å². The lowest BCUT2D eigenvalue weighted by atomic mass is 9.96. The molecule has 0 aromatic carbocycles. The summed E-state index contributed by atoms with van der Waals surface area (Å²) in [7, 11) is 2.09. The number of fused-ring (bicyclic) bond motifs is 3. The first-order valence-electron chi connectivity index (χ1n) is 7.85. The van der Waals surface area contributed by atoms with E-state index in [9.17, 15) is 0 Å². The highest BCUT2D eigenvalue weighted by atomic mass is 15.4. The average molecular weight is 277 g/mol. The summed E-state index contributed by atoms with van der Waals surface area (Å²) in [5.41, 5.74) is 1.20. The Balaban J connectivity index is 1.67. The van der Waals surface area contributed by atoms with Crippen LogP contribution in [0.3, 0.4) is 0 Å². The molecule has 0 radical (unpaired) electrons. The predicted octanol–water partition coefficient (Wildman–Crippen LogP) is 0.594. The van der Waals surface area contributed by atoms with Crippen LogP contribution in [0.1, 0.15) is 25.6 Å². The molecule has 20 heavy (non-hydrogen) atoms. The van der Waals surface area contributed by atoms with Gasteiger partial charge in [0, 0.05) is 63.5 Å². The Bertz CT molecular complexity index is 433. The van der Waals surface area contributed by atoms with Crippen LogP contribution in [0.2, 0.25) is 0 Å². The molecule has 3 aliphatic heterocycles. The van der Waals surface area contributed by atoms with Crippen molar-refractivity contribution < 1.29 is 0 Å². The van der Waals surface area contributed by atoms with Crippen LogP contribution in [0.5, 0.6) is 0 Å². The quantitative estimate of drug-likeness (QED) is 0.855. The number of aromatic nitrogens is 2. The Morgan fingerprint density at radius 2 is 2.05 bits per heavy atom. The van der Waals surface area contributed by atoms with Gasteiger partial charge in [0.15, 0.2) is 0 Å². The molecule has 4 heterocycles. The van der Waals surface area contributed by atoms with Crippen LogP contribution in [0, 0.1) is 0 Å². The zero-order chi connectivity index (χ0) is 14.1. The molecule has 2 bridgehead atoms. The van der Waals surface area contributed by atoms with Gasteiger partial charge in [0.1, 0.15) is 0 Å². The van der Waals surface area contributed by atoms with Gasteiger partial charge in [-0.25, -0.2) is 0 Å². The van der Waals surface area contributed by atoms with Crippen LogP contribution >= 0.6 is 0 Å². The van der Waals surface area contributed by atoms with Crippen molar-refractivity contribution in [2.75, 3.05) is 39.8 Å². The summed E-state index contributed by atoms with van der Waals surface area (Å²) in [6.45, 7) is 10.5. The van der Waals surface area contributed by atoms with Gasteiger partial charge < -0.3 is 5.32 Å². The maximum absolute atomic E-state index is 4.70. The van der Waals surface area contributed by atoms with Crippen LogP contribution in [0.25, 0.3) is 0 Å². The van der Waals surface area contributed by atoms with Crippen LogP contribution in [0.15, 0.2) is 12.3 Å². The fraction of sp³-hybridized carbons (Fsp3) is 0.800. The van der Waals surface area contributed by atoms with E-state index in [4.69, 9.17) is 5.10 Å². The fourth-order valence-corrected chi connectivity index (χ4v) is 3.47. The Hall–Kier alpha value is -0.910. The first-order chi connectivity index (χ1) is 9.67. The van der Waals surface area contributed by atoms with Crippen molar-refractivity contribution in [1.82, 2.24) is 24.9 Å². The first-order valence-corrected chi connectivity index (χ1v) is 7.85. The third-order valence-electron chi connectivity index (χ3n) is 4.78. The monoisotopic (exact) mass is 277 g/mol. The van der Waals surface area contributed by atoms with E-state index in [-0.39, 0.29) is 0 Å². The molecule has 2 unspecified atom stereocenters. The summed E-state index contributed by atoms with van der Waals surface area (Å²) >= 11 is 0. The lowest BCUT2D eigenvalue weighted by Gasteiger charge is -2.50. The van der Waals surface area contributed by atoms with Gasteiger partial charge in [-0.15, -0.1) is 0 Å². The van der Waals surface area contributed by atoms with Gasteiger partial charge >= 0.3 is 0 Å². The minimum Gasteiger partial charge on any atom is -0.315 e. The third kappa shape index (κ3) is 2.75. The van der Waals surface area contributed by atoms with Gasteiger partial charge in [-0.05, 0) is 27.0 Å². The lowest BCUT2D eigenvalue weighted by molar-refractivity contribution is -0.00217. The second-order valence-electron chi connectivity index (χ2n) is 6.38. The number of rotatable bonds is 5. The summed E-state index contributed by atoms with van der Waals surface area (Å²) in [5, 5.41) is 8.22. The van der Waals surface area contributed by atoms with Crippen LogP contribution in [-0.4, -0.2) is 71.4 Å². The van der Waals surface area contributed by atoms with Crippen molar-refractivity contribution in [3.05, 3.63) is 18.0 Å². The smallest absolute Gasteiger partial charge is 0.0640 e. The molecule has 4 rings (SSSR count). The second-order valence-corrected chi connectivity index (χ2v) is 6.38. The third-order valence-corrected chi connectivity index (χ3v) is 4.78. The van der Waals surface area contributed by atoms with Crippen molar-refractivity contribution in [1.29, 1.82) is 0 Å². The van der Waals surface area contributed by atoms with Gasteiger partial charge in [-0.1, -0.05) is 0 Å². The largest absolute Gasteiger partial charge is 0.315 e. The summed E-state index contributed by atoms with van der Waals surface area (Å²) in [4.78, 5) is 5.25. The highest BCUT2D eigenvalue weighted by Crippen LogP contribution is 2.20. The molecular weight excluding hydrogens is 250 g/mol. The molecule has 3 fully saturated rings. The molecule has 1 aromatic heterocycles. The Morgan fingerprint density at radius 3 is 2.55 bits per heavy atom. The molecule has 5 nitrogen and oxygen atoms in total. The van der Waals surface area contributed by atoms with Crippen molar-refractivity contribution in [3.8, 4) is 0 Å². The standard InChI is InChI=1S/C15H27N5/c1-12(2)20-5-4-13(17-20)10-14(16-3)15-11-18-6-8-19(15)9-7-18/h4-5,12,14-16H,6-11H2,1-3H3. The SMILES string of the molecule is CNC(Cc1ccn(C(C)C)n1)C1CN2CCN1CC2. The molecule has 0 aliphatic carbocycles.